The van der Waals surface area contributed by atoms with Crippen LogP contribution in [-0.4, -0.2) is 48.9 Å². The number of aromatic amines is 1. The maximum Gasteiger partial charge on any atom is 0.281 e. The summed E-state index contributed by atoms with van der Waals surface area (Å²) in [5.41, 5.74) is 1.61. The number of nitrogens with one attached hydrogen (secondary N) is 1. The lowest BCUT2D eigenvalue weighted by molar-refractivity contribution is -0.136. The Morgan fingerprint density at radius 1 is 1.07 bits per heavy atom. The second-order valence-electron chi connectivity index (χ2n) is 8.44. The third kappa shape index (κ3) is 3.62. The van der Waals surface area contributed by atoms with E-state index in [1.807, 2.05) is 35.2 Å². The third-order valence-corrected chi connectivity index (χ3v) is 6.46. The zero-order valence-electron chi connectivity index (χ0n) is 17.0. The molecule has 1 N–H and O–H groups in total. The van der Waals surface area contributed by atoms with Gasteiger partial charge in [0, 0.05) is 24.9 Å². The molecule has 8 nitrogen and oxygen atoms in total. The maximum absolute atomic E-state index is 12.7. The number of likely N-dealkylation sites (tertiary alicyclic amines) is 1. The number of aromatic nitrogens is 5. The van der Waals surface area contributed by atoms with E-state index in [1.54, 1.807) is 4.68 Å². The normalized spacial score (nSPS) is 18.3. The third-order valence-electron chi connectivity index (χ3n) is 6.46. The molecular formula is C22H26N6O2. The van der Waals surface area contributed by atoms with Crippen LogP contribution in [0.25, 0.3) is 11.2 Å². The number of hydrogen-bond donors (Lipinski definition) is 1. The lowest BCUT2D eigenvalue weighted by atomic mass is 9.94. The van der Waals surface area contributed by atoms with Gasteiger partial charge in [-0.2, -0.15) is 0 Å². The van der Waals surface area contributed by atoms with E-state index >= 15 is 0 Å². The topological polar surface area (TPSA) is 96.8 Å². The van der Waals surface area contributed by atoms with E-state index in [0.717, 1.165) is 44.3 Å². The van der Waals surface area contributed by atoms with Crippen molar-refractivity contribution < 1.29 is 4.79 Å². The highest BCUT2D eigenvalue weighted by molar-refractivity contribution is 5.79. The first-order chi connectivity index (χ1) is 14.7. The van der Waals surface area contributed by atoms with Crippen molar-refractivity contribution in [3.05, 3.63) is 52.1 Å². The molecule has 2 aliphatic rings. The van der Waals surface area contributed by atoms with Gasteiger partial charge in [0.1, 0.15) is 5.82 Å². The molecule has 1 saturated carbocycles. The molecule has 0 spiro atoms. The molecule has 5 rings (SSSR count). The van der Waals surface area contributed by atoms with Crippen LogP contribution in [0, 0.1) is 5.92 Å². The molecule has 156 valence electrons. The fourth-order valence-corrected chi connectivity index (χ4v) is 4.74. The van der Waals surface area contributed by atoms with Crippen molar-refractivity contribution in [3.8, 4) is 0 Å². The van der Waals surface area contributed by atoms with E-state index < -0.39 is 0 Å². The minimum atomic E-state index is -0.251. The van der Waals surface area contributed by atoms with E-state index in [-0.39, 0.29) is 22.9 Å². The maximum atomic E-state index is 12.7. The molecule has 3 aromatic rings. The quantitative estimate of drug-likeness (QED) is 0.718. The van der Waals surface area contributed by atoms with Gasteiger partial charge in [-0.25, -0.2) is 9.67 Å². The zero-order chi connectivity index (χ0) is 20.5. The van der Waals surface area contributed by atoms with Crippen molar-refractivity contribution in [3.63, 3.8) is 0 Å². The first kappa shape index (κ1) is 19.0. The average molecular weight is 406 g/mol. The highest BCUT2D eigenvalue weighted by atomic mass is 16.2. The number of hydrogen-bond acceptors (Lipinski definition) is 5. The number of fused-ring (bicyclic) bond motifs is 1. The predicted molar refractivity (Wildman–Crippen MR) is 112 cm³/mol. The van der Waals surface area contributed by atoms with Crippen LogP contribution in [0.4, 0.5) is 0 Å². The molecule has 0 bridgehead atoms. The Morgan fingerprint density at radius 3 is 2.53 bits per heavy atom. The summed E-state index contributed by atoms with van der Waals surface area (Å²) in [5, 5.41) is 8.18. The standard InChI is InChI=1S/C22H26N6O2/c29-21-18-20(28(26-25-18)14-15-6-2-1-3-7-15)23-19(24-21)16-10-12-27(13-11-16)22(30)17-8-4-5-9-17/h1-3,6-7,16-17H,4-5,8-14H2,(H,23,24,29). The molecule has 1 saturated heterocycles. The summed E-state index contributed by atoms with van der Waals surface area (Å²) in [6.45, 7) is 1.97. The van der Waals surface area contributed by atoms with Gasteiger partial charge in [-0.1, -0.05) is 48.4 Å². The number of H-pyrrole nitrogens is 1. The second kappa shape index (κ2) is 8.01. The molecule has 8 heteroatoms. The summed E-state index contributed by atoms with van der Waals surface area (Å²) >= 11 is 0. The summed E-state index contributed by atoms with van der Waals surface area (Å²) in [6, 6.07) is 9.94. The lowest BCUT2D eigenvalue weighted by Gasteiger charge is -2.33. The smallest absolute Gasteiger partial charge is 0.281 e. The predicted octanol–water partition coefficient (Wildman–Crippen LogP) is 2.46. The first-order valence-electron chi connectivity index (χ1n) is 10.8. The molecule has 0 atom stereocenters. The molecule has 3 heterocycles. The van der Waals surface area contributed by atoms with Crippen molar-refractivity contribution in [2.24, 2.45) is 5.92 Å². The molecule has 1 aliphatic heterocycles. The molecule has 30 heavy (non-hydrogen) atoms. The summed E-state index contributed by atoms with van der Waals surface area (Å²) in [6.07, 6.45) is 6.03. The van der Waals surface area contributed by atoms with Crippen LogP contribution in [0.1, 0.15) is 55.8 Å². The van der Waals surface area contributed by atoms with E-state index in [2.05, 4.69) is 15.3 Å². The van der Waals surface area contributed by atoms with E-state index in [1.165, 1.54) is 12.8 Å². The molecule has 0 radical (unpaired) electrons. The molecule has 1 aliphatic carbocycles. The van der Waals surface area contributed by atoms with Crippen LogP contribution in [0.15, 0.2) is 35.1 Å². The van der Waals surface area contributed by atoms with Gasteiger partial charge in [0.2, 0.25) is 5.91 Å². The van der Waals surface area contributed by atoms with Crippen LogP contribution in [0.2, 0.25) is 0 Å². The Hall–Kier alpha value is -3.03. The fraction of sp³-hybridized carbons (Fsp3) is 0.500. The Morgan fingerprint density at radius 2 is 1.80 bits per heavy atom. The first-order valence-corrected chi connectivity index (χ1v) is 10.8. The number of benzene rings is 1. The van der Waals surface area contributed by atoms with Gasteiger partial charge >= 0.3 is 0 Å². The van der Waals surface area contributed by atoms with Gasteiger partial charge in [-0.3, -0.25) is 9.59 Å². The Labute approximate surface area is 174 Å². The van der Waals surface area contributed by atoms with Crippen LogP contribution in [-0.2, 0) is 11.3 Å². The van der Waals surface area contributed by atoms with Crippen LogP contribution in [0.3, 0.4) is 0 Å². The number of piperidine rings is 1. The van der Waals surface area contributed by atoms with Crippen LogP contribution < -0.4 is 5.56 Å². The number of amides is 1. The van der Waals surface area contributed by atoms with Gasteiger partial charge in [0.25, 0.3) is 5.56 Å². The summed E-state index contributed by atoms with van der Waals surface area (Å²) in [5.74, 6) is 1.34. The SMILES string of the molecule is O=C(C1CCCC1)N1CCC(c2nc3c(nnn3Cc3ccccc3)c(=O)[nH]2)CC1. The monoisotopic (exact) mass is 406 g/mol. The lowest BCUT2D eigenvalue weighted by Crippen LogP contribution is -2.41. The summed E-state index contributed by atoms with van der Waals surface area (Å²) < 4.78 is 1.68. The minimum absolute atomic E-state index is 0.134. The minimum Gasteiger partial charge on any atom is -0.342 e. The Kier molecular flexibility index (Phi) is 5.06. The number of carbonyl (C=O) groups excluding carboxylic acids is 1. The van der Waals surface area contributed by atoms with Crippen molar-refractivity contribution in [2.75, 3.05) is 13.1 Å². The van der Waals surface area contributed by atoms with Crippen molar-refractivity contribution in [1.82, 2.24) is 29.9 Å². The number of rotatable bonds is 4. The van der Waals surface area contributed by atoms with Crippen molar-refractivity contribution in [2.45, 2.75) is 51.0 Å². The summed E-state index contributed by atoms with van der Waals surface area (Å²) in [7, 11) is 0. The Balaban J connectivity index is 1.34. The second-order valence-corrected chi connectivity index (χ2v) is 8.44. The highest BCUT2D eigenvalue weighted by Gasteiger charge is 2.31. The highest BCUT2D eigenvalue weighted by Crippen LogP contribution is 2.30. The molecule has 2 aromatic heterocycles. The molecule has 0 unspecified atom stereocenters. The fourth-order valence-electron chi connectivity index (χ4n) is 4.74. The Bertz CT molecular complexity index is 1090. The van der Waals surface area contributed by atoms with Crippen molar-refractivity contribution in [1.29, 1.82) is 0 Å². The largest absolute Gasteiger partial charge is 0.342 e. The van der Waals surface area contributed by atoms with Gasteiger partial charge in [-0.05, 0) is 31.2 Å². The van der Waals surface area contributed by atoms with Crippen LogP contribution >= 0.6 is 0 Å². The molecule has 1 aromatic carbocycles. The van der Waals surface area contributed by atoms with Crippen molar-refractivity contribution >= 4 is 17.1 Å². The van der Waals surface area contributed by atoms with E-state index in [0.29, 0.717) is 23.9 Å². The molecule has 1 amide bonds. The average Bonchev–Trinajstić information content (AvgIpc) is 3.45. The van der Waals surface area contributed by atoms with Gasteiger partial charge in [0.15, 0.2) is 11.2 Å². The van der Waals surface area contributed by atoms with E-state index in [9.17, 15) is 9.59 Å². The summed E-state index contributed by atoms with van der Waals surface area (Å²) in [4.78, 5) is 34.9. The van der Waals surface area contributed by atoms with Gasteiger partial charge in [-0.15, -0.1) is 5.10 Å². The van der Waals surface area contributed by atoms with Crippen LogP contribution in [0.5, 0.6) is 0 Å². The van der Waals surface area contributed by atoms with Gasteiger partial charge < -0.3 is 9.88 Å². The number of carbonyl (C=O) groups is 1. The number of nitrogens with zero attached hydrogens (tertiary/aromatic N) is 5. The van der Waals surface area contributed by atoms with Gasteiger partial charge in [0.05, 0.1) is 6.54 Å². The molecule has 2 fully saturated rings. The van der Waals surface area contributed by atoms with E-state index in [4.69, 9.17) is 4.98 Å². The zero-order valence-corrected chi connectivity index (χ0v) is 17.0. The molecular weight excluding hydrogens is 380 g/mol.